The van der Waals surface area contributed by atoms with E-state index in [4.69, 9.17) is 5.73 Å². The SMILES string of the molecule is CC1CC(N)CN(C(=O)c2cc(F)cc([N+](=O)[O-])c2)C1. The molecule has 2 N–H and O–H groups in total. The summed E-state index contributed by atoms with van der Waals surface area (Å²) in [6, 6.07) is 2.78. The van der Waals surface area contributed by atoms with Crippen LogP contribution in [0, 0.1) is 21.8 Å². The highest BCUT2D eigenvalue weighted by atomic mass is 19.1. The molecule has 0 spiro atoms. The lowest BCUT2D eigenvalue weighted by molar-refractivity contribution is -0.385. The fraction of sp³-hybridized carbons (Fsp3) is 0.462. The number of carbonyl (C=O) groups excluding carboxylic acids is 1. The Bertz CT molecular complexity index is 540. The first-order valence-electron chi connectivity index (χ1n) is 6.36. The number of rotatable bonds is 2. The van der Waals surface area contributed by atoms with E-state index < -0.39 is 22.3 Å². The van der Waals surface area contributed by atoms with Crippen molar-refractivity contribution >= 4 is 11.6 Å². The fourth-order valence-electron chi connectivity index (χ4n) is 2.55. The predicted octanol–water partition coefficient (Wildman–Crippen LogP) is 1.54. The van der Waals surface area contributed by atoms with Gasteiger partial charge in [0.25, 0.3) is 11.6 Å². The predicted molar refractivity (Wildman–Crippen MR) is 70.7 cm³/mol. The van der Waals surface area contributed by atoms with Gasteiger partial charge in [-0.1, -0.05) is 6.92 Å². The number of non-ortho nitro benzene ring substituents is 1. The molecule has 2 unspecified atom stereocenters. The highest BCUT2D eigenvalue weighted by Crippen LogP contribution is 2.21. The van der Waals surface area contributed by atoms with Gasteiger partial charge in [-0.05, 0) is 18.4 Å². The molecule has 1 aromatic rings. The molecule has 0 aliphatic carbocycles. The first-order chi connectivity index (χ1) is 9.36. The van der Waals surface area contributed by atoms with Crippen LogP contribution in [-0.4, -0.2) is 34.9 Å². The van der Waals surface area contributed by atoms with Crippen LogP contribution >= 0.6 is 0 Å². The van der Waals surface area contributed by atoms with Gasteiger partial charge >= 0.3 is 0 Å². The number of nitro benzene ring substituents is 1. The molecule has 6 nitrogen and oxygen atoms in total. The number of amides is 1. The van der Waals surface area contributed by atoms with Crippen LogP contribution < -0.4 is 5.73 Å². The summed E-state index contributed by atoms with van der Waals surface area (Å²) < 4.78 is 13.4. The van der Waals surface area contributed by atoms with Gasteiger partial charge in [0, 0.05) is 30.8 Å². The Labute approximate surface area is 115 Å². The summed E-state index contributed by atoms with van der Waals surface area (Å²) in [6.07, 6.45) is 0.826. The largest absolute Gasteiger partial charge is 0.337 e. The van der Waals surface area contributed by atoms with Gasteiger partial charge in [-0.2, -0.15) is 0 Å². The number of nitro groups is 1. The van der Waals surface area contributed by atoms with Gasteiger partial charge in [-0.3, -0.25) is 14.9 Å². The van der Waals surface area contributed by atoms with Crippen molar-refractivity contribution in [1.29, 1.82) is 0 Å². The van der Waals surface area contributed by atoms with Crippen LogP contribution in [0.2, 0.25) is 0 Å². The standard InChI is InChI=1S/C13H16FN3O3/c1-8-2-11(15)7-16(6-8)13(18)9-3-10(14)5-12(4-9)17(19)20/h3-5,8,11H,2,6-7,15H2,1H3. The number of hydrogen-bond donors (Lipinski definition) is 1. The molecule has 0 aromatic heterocycles. The molecule has 20 heavy (non-hydrogen) atoms. The van der Waals surface area contributed by atoms with E-state index >= 15 is 0 Å². The molecule has 0 radical (unpaired) electrons. The van der Waals surface area contributed by atoms with Crippen molar-refractivity contribution in [3.63, 3.8) is 0 Å². The maximum Gasteiger partial charge on any atom is 0.273 e. The fourth-order valence-corrected chi connectivity index (χ4v) is 2.55. The maximum absolute atomic E-state index is 13.4. The van der Waals surface area contributed by atoms with Crippen molar-refractivity contribution in [2.75, 3.05) is 13.1 Å². The van der Waals surface area contributed by atoms with Crippen LogP contribution in [0.25, 0.3) is 0 Å². The van der Waals surface area contributed by atoms with Crippen molar-refractivity contribution in [3.8, 4) is 0 Å². The van der Waals surface area contributed by atoms with Gasteiger partial charge in [0.05, 0.1) is 11.0 Å². The summed E-state index contributed by atoms with van der Waals surface area (Å²) in [4.78, 5) is 23.8. The summed E-state index contributed by atoms with van der Waals surface area (Å²) in [5.41, 5.74) is 5.42. The van der Waals surface area contributed by atoms with Crippen molar-refractivity contribution in [2.45, 2.75) is 19.4 Å². The van der Waals surface area contributed by atoms with E-state index in [2.05, 4.69) is 0 Å². The number of benzene rings is 1. The average Bonchev–Trinajstić information content (AvgIpc) is 2.35. The monoisotopic (exact) mass is 281 g/mol. The second-order valence-electron chi connectivity index (χ2n) is 5.27. The molecule has 2 rings (SSSR count). The van der Waals surface area contributed by atoms with E-state index in [-0.39, 0.29) is 17.5 Å². The molecule has 0 saturated carbocycles. The zero-order chi connectivity index (χ0) is 14.9. The topological polar surface area (TPSA) is 89.5 Å². The Hall–Kier alpha value is -2.02. The van der Waals surface area contributed by atoms with Crippen molar-refractivity contribution in [1.82, 2.24) is 4.90 Å². The molecule has 1 aliphatic heterocycles. The number of nitrogens with zero attached hydrogens (tertiary/aromatic N) is 2. The zero-order valence-electron chi connectivity index (χ0n) is 11.1. The summed E-state index contributed by atoms with van der Waals surface area (Å²) in [5, 5.41) is 10.7. The molecular weight excluding hydrogens is 265 g/mol. The van der Waals surface area contributed by atoms with Crippen LogP contribution in [0.4, 0.5) is 10.1 Å². The van der Waals surface area contributed by atoms with E-state index in [9.17, 15) is 19.3 Å². The molecule has 108 valence electrons. The van der Waals surface area contributed by atoms with Gasteiger partial charge in [-0.25, -0.2) is 4.39 Å². The zero-order valence-corrected chi connectivity index (χ0v) is 11.1. The molecular formula is C13H16FN3O3. The van der Waals surface area contributed by atoms with Gasteiger partial charge < -0.3 is 10.6 Å². The normalized spacial score (nSPS) is 22.6. The highest BCUT2D eigenvalue weighted by molar-refractivity contribution is 5.95. The first-order valence-corrected chi connectivity index (χ1v) is 6.36. The molecule has 7 heteroatoms. The third-order valence-electron chi connectivity index (χ3n) is 3.32. The Morgan fingerprint density at radius 2 is 2.15 bits per heavy atom. The second-order valence-corrected chi connectivity index (χ2v) is 5.27. The van der Waals surface area contributed by atoms with E-state index in [1.54, 1.807) is 0 Å². The van der Waals surface area contributed by atoms with Gasteiger partial charge in [0.2, 0.25) is 0 Å². The van der Waals surface area contributed by atoms with Crippen LogP contribution in [0.1, 0.15) is 23.7 Å². The lowest BCUT2D eigenvalue weighted by Crippen LogP contribution is -2.48. The second kappa shape index (κ2) is 5.54. The summed E-state index contributed by atoms with van der Waals surface area (Å²) in [5.74, 6) is -0.960. The number of nitrogens with two attached hydrogens (primary N) is 1. The molecule has 1 amide bonds. The molecule has 1 heterocycles. The molecule has 2 atom stereocenters. The van der Waals surface area contributed by atoms with E-state index in [0.717, 1.165) is 24.6 Å². The Kier molecular flexibility index (Phi) is 3.99. The van der Waals surface area contributed by atoms with Crippen molar-refractivity contribution in [3.05, 3.63) is 39.7 Å². The van der Waals surface area contributed by atoms with E-state index in [0.29, 0.717) is 13.1 Å². The number of carbonyl (C=O) groups is 1. The van der Waals surface area contributed by atoms with Gasteiger partial charge in [-0.15, -0.1) is 0 Å². The number of hydrogen-bond acceptors (Lipinski definition) is 4. The third-order valence-corrected chi connectivity index (χ3v) is 3.32. The number of halogens is 1. The minimum Gasteiger partial charge on any atom is -0.337 e. The van der Waals surface area contributed by atoms with Gasteiger partial charge in [0.15, 0.2) is 0 Å². The average molecular weight is 281 g/mol. The number of likely N-dealkylation sites (tertiary alicyclic amines) is 1. The minimum absolute atomic E-state index is 0.0157. The Balaban J connectivity index is 2.26. The molecule has 1 fully saturated rings. The lowest BCUT2D eigenvalue weighted by atomic mass is 9.96. The van der Waals surface area contributed by atoms with E-state index in [1.807, 2.05) is 6.92 Å². The molecule has 1 saturated heterocycles. The first kappa shape index (κ1) is 14.4. The van der Waals surface area contributed by atoms with E-state index in [1.165, 1.54) is 4.90 Å². The molecule has 1 aromatic carbocycles. The quantitative estimate of drug-likeness (QED) is 0.657. The number of piperidine rings is 1. The summed E-state index contributed by atoms with van der Waals surface area (Å²) in [6.45, 7) is 2.89. The smallest absolute Gasteiger partial charge is 0.273 e. The van der Waals surface area contributed by atoms with Gasteiger partial charge in [0.1, 0.15) is 5.82 Å². The lowest BCUT2D eigenvalue weighted by Gasteiger charge is -2.34. The molecule has 1 aliphatic rings. The maximum atomic E-state index is 13.4. The summed E-state index contributed by atoms with van der Waals surface area (Å²) in [7, 11) is 0. The third kappa shape index (κ3) is 3.11. The summed E-state index contributed by atoms with van der Waals surface area (Å²) >= 11 is 0. The van der Waals surface area contributed by atoms with Crippen LogP contribution in [-0.2, 0) is 0 Å². The van der Waals surface area contributed by atoms with Crippen LogP contribution in [0.3, 0.4) is 0 Å². The highest BCUT2D eigenvalue weighted by Gasteiger charge is 2.27. The molecule has 0 bridgehead atoms. The van der Waals surface area contributed by atoms with Crippen LogP contribution in [0.5, 0.6) is 0 Å². The van der Waals surface area contributed by atoms with Crippen molar-refractivity contribution < 1.29 is 14.1 Å². The van der Waals surface area contributed by atoms with Crippen molar-refractivity contribution in [2.24, 2.45) is 11.7 Å². The van der Waals surface area contributed by atoms with Crippen LogP contribution in [0.15, 0.2) is 18.2 Å². The Morgan fingerprint density at radius 1 is 1.45 bits per heavy atom. The minimum atomic E-state index is -0.795. The Morgan fingerprint density at radius 3 is 2.75 bits per heavy atom.